The second kappa shape index (κ2) is 8.23. The predicted molar refractivity (Wildman–Crippen MR) is 132 cm³/mol. The van der Waals surface area contributed by atoms with Gasteiger partial charge in [0.1, 0.15) is 11.5 Å². The highest BCUT2D eigenvalue weighted by atomic mass is 16.3. The number of Topliss-reactive ketones (excluding diaryl/α,β-unsaturated/α-hetero) is 1. The van der Waals surface area contributed by atoms with Crippen molar-refractivity contribution in [2.75, 3.05) is 4.90 Å². The third-order valence-electron chi connectivity index (χ3n) is 6.31. The molecule has 2 heterocycles. The molecule has 6 heteroatoms. The second-order valence-electron chi connectivity index (χ2n) is 8.76. The molecule has 170 valence electrons. The summed E-state index contributed by atoms with van der Waals surface area (Å²) in [6.45, 7) is 4.16. The first-order chi connectivity index (χ1) is 16.4. The smallest absolute Gasteiger partial charge is 0.300 e. The first-order valence-corrected chi connectivity index (χ1v) is 11.1. The van der Waals surface area contributed by atoms with Crippen LogP contribution in [0.4, 0.5) is 5.69 Å². The Morgan fingerprint density at radius 2 is 1.71 bits per heavy atom. The van der Waals surface area contributed by atoms with E-state index in [4.69, 9.17) is 0 Å². The molecule has 34 heavy (non-hydrogen) atoms. The molecular weight excluding hydrogens is 428 g/mol. The Labute approximate surface area is 196 Å². The van der Waals surface area contributed by atoms with E-state index >= 15 is 0 Å². The van der Waals surface area contributed by atoms with Crippen molar-refractivity contribution in [3.05, 3.63) is 101 Å². The van der Waals surface area contributed by atoms with Gasteiger partial charge in [-0.3, -0.25) is 14.5 Å². The average Bonchev–Trinajstić information content (AvgIpc) is 3.38. The van der Waals surface area contributed by atoms with Gasteiger partial charge in [-0.15, -0.1) is 0 Å². The van der Waals surface area contributed by atoms with Crippen LogP contribution >= 0.6 is 0 Å². The number of aliphatic hydroxyl groups is 1. The number of rotatable bonds is 4. The molecule has 1 aliphatic heterocycles. The summed E-state index contributed by atoms with van der Waals surface area (Å²) in [5.41, 5.74) is 3.39. The van der Waals surface area contributed by atoms with E-state index < -0.39 is 17.7 Å². The van der Waals surface area contributed by atoms with Gasteiger partial charge in [-0.1, -0.05) is 56.3 Å². The van der Waals surface area contributed by atoms with Gasteiger partial charge >= 0.3 is 0 Å². The van der Waals surface area contributed by atoms with Crippen LogP contribution < -0.4 is 4.90 Å². The molecule has 1 saturated heterocycles. The van der Waals surface area contributed by atoms with E-state index in [2.05, 4.69) is 18.8 Å². The Kier molecular flexibility index (Phi) is 5.21. The maximum absolute atomic E-state index is 13.3. The topological polar surface area (TPSA) is 93.6 Å². The van der Waals surface area contributed by atoms with Crippen molar-refractivity contribution < 1.29 is 19.8 Å². The number of aromatic amines is 1. The maximum Gasteiger partial charge on any atom is 0.300 e. The zero-order valence-electron chi connectivity index (χ0n) is 18.8. The van der Waals surface area contributed by atoms with Crippen molar-refractivity contribution in [1.29, 1.82) is 0 Å². The van der Waals surface area contributed by atoms with Gasteiger partial charge in [-0.05, 0) is 47.4 Å². The fourth-order valence-electron chi connectivity index (χ4n) is 4.54. The van der Waals surface area contributed by atoms with E-state index in [9.17, 15) is 19.8 Å². The number of nitrogens with zero attached hydrogens (tertiary/aromatic N) is 1. The number of H-pyrrole nitrogens is 1. The lowest BCUT2D eigenvalue weighted by Crippen LogP contribution is -2.29. The largest absolute Gasteiger partial charge is 0.508 e. The molecule has 1 amide bonds. The number of hydrogen-bond acceptors (Lipinski definition) is 4. The summed E-state index contributed by atoms with van der Waals surface area (Å²) in [5.74, 6) is -1.44. The van der Waals surface area contributed by atoms with Crippen LogP contribution in [0, 0.1) is 0 Å². The van der Waals surface area contributed by atoms with Gasteiger partial charge in [0, 0.05) is 28.4 Å². The Morgan fingerprint density at radius 3 is 2.41 bits per heavy atom. The van der Waals surface area contributed by atoms with Crippen molar-refractivity contribution in [2.45, 2.75) is 25.8 Å². The van der Waals surface area contributed by atoms with Crippen molar-refractivity contribution in [1.82, 2.24) is 4.98 Å². The molecule has 0 bridgehead atoms. The standard InChI is InChI=1S/C28H24N2O4/c1-16(2)17-10-12-19(13-11-17)30-25(18-6-5-7-20(31)14-18)24(27(33)28(30)34)26(32)22-15-29-23-9-4-3-8-21(22)23/h3-16,25,29,31-32H,1-2H3/b26-24-. The van der Waals surface area contributed by atoms with Gasteiger partial charge in [-0.2, -0.15) is 0 Å². The van der Waals surface area contributed by atoms with Gasteiger partial charge < -0.3 is 15.2 Å². The van der Waals surface area contributed by atoms with Gasteiger partial charge in [-0.25, -0.2) is 0 Å². The molecule has 1 unspecified atom stereocenters. The zero-order valence-corrected chi connectivity index (χ0v) is 18.8. The van der Waals surface area contributed by atoms with Gasteiger partial charge in [0.05, 0.1) is 11.6 Å². The van der Waals surface area contributed by atoms with Crippen molar-refractivity contribution in [2.24, 2.45) is 0 Å². The first-order valence-electron chi connectivity index (χ1n) is 11.1. The first kappa shape index (κ1) is 21.5. The summed E-state index contributed by atoms with van der Waals surface area (Å²) in [6, 6.07) is 20.4. The van der Waals surface area contributed by atoms with Gasteiger partial charge in [0.25, 0.3) is 11.7 Å². The van der Waals surface area contributed by atoms with Crippen LogP contribution in [-0.4, -0.2) is 26.9 Å². The lowest BCUT2D eigenvalue weighted by atomic mass is 9.94. The molecule has 0 aliphatic carbocycles. The molecule has 0 spiro atoms. The number of amides is 1. The molecule has 3 N–H and O–H groups in total. The highest BCUT2D eigenvalue weighted by molar-refractivity contribution is 6.51. The molecule has 0 radical (unpaired) electrons. The Hall–Kier alpha value is -4.32. The minimum absolute atomic E-state index is 0.00494. The van der Waals surface area contributed by atoms with Crippen LogP contribution in [0.15, 0.2) is 84.6 Å². The lowest BCUT2D eigenvalue weighted by Gasteiger charge is -2.26. The molecule has 6 nitrogen and oxygen atoms in total. The third kappa shape index (κ3) is 3.44. The summed E-state index contributed by atoms with van der Waals surface area (Å²) < 4.78 is 0. The number of benzene rings is 3. The molecule has 5 rings (SSSR count). The van der Waals surface area contributed by atoms with Crippen molar-refractivity contribution >= 4 is 34.0 Å². The molecule has 1 atom stereocenters. The maximum atomic E-state index is 13.3. The van der Waals surface area contributed by atoms with E-state index in [0.717, 1.165) is 16.5 Å². The Morgan fingerprint density at radius 1 is 0.971 bits per heavy atom. The lowest BCUT2D eigenvalue weighted by molar-refractivity contribution is -0.132. The normalized spacial score (nSPS) is 17.7. The number of carbonyl (C=O) groups excluding carboxylic acids is 2. The van der Waals surface area contributed by atoms with Gasteiger partial charge in [0.15, 0.2) is 0 Å². The van der Waals surface area contributed by atoms with Crippen LogP contribution in [0.25, 0.3) is 16.7 Å². The number of hydrogen-bond donors (Lipinski definition) is 3. The number of aliphatic hydroxyl groups excluding tert-OH is 1. The number of anilines is 1. The second-order valence-corrected chi connectivity index (χ2v) is 8.76. The van der Waals surface area contributed by atoms with Crippen LogP contribution in [-0.2, 0) is 9.59 Å². The number of phenols is 1. The number of para-hydroxylation sites is 1. The summed E-state index contributed by atoms with van der Waals surface area (Å²) in [4.78, 5) is 31.1. The van der Waals surface area contributed by atoms with Crippen molar-refractivity contribution in [3.8, 4) is 5.75 Å². The van der Waals surface area contributed by atoms with Crippen LogP contribution in [0.5, 0.6) is 5.75 Å². The molecule has 3 aromatic carbocycles. The molecule has 1 aliphatic rings. The van der Waals surface area contributed by atoms with Crippen LogP contribution in [0.3, 0.4) is 0 Å². The summed E-state index contributed by atoms with van der Waals surface area (Å²) in [6.07, 6.45) is 1.63. The van der Waals surface area contributed by atoms with Crippen LogP contribution in [0.2, 0.25) is 0 Å². The number of nitrogens with one attached hydrogen (secondary N) is 1. The zero-order chi connectivity index (χ0) is 24.0. The van der Waals surface area contributed by atoms with E-state index in [-0.39, 0.29) is 17.1 Å². The third-order valence-corrected chi connectivity index (χ3v) is 6.31. The van der Waals surface area contributed by atoms with Gasteiger partial charge in [0.2, 0.25) is 0 Å². The highest BCUT2D eigenvalue weighted by Gasteiger charge is 2.47. The van der Waals surface area contributed by atoms with E-state index in [0.29, 0.717) is 22.7 Å². The summed E-state index contributed by atoms with van der Waals surface area (Å²) in [5, 5.41) is 22.3. The Bertz CT molecular complexity index is 1450. The Balaban J connectivity index is 1.73. The number of aromatic hydroxyl groups is 1. The number of carbonyl (C=O) groups is 2. The monoisotopic (exact) mass is 452 g/mol. The van der Waals surface area contributed by atoms with E-state index in [1.54, 1.807) is 18.3 Å². The molecule has 1 fully saturated rings. The average molecular weight is 453 g/mol. The van der Waals surface area contributed by atoms with Crippen molar-refractivity contribution in [3.63, 3.8) is 0 Å². The fourth-order valence-corrected chi connectivity index (χ4v) is 4.54. The minimum atomic E-state index is -0.898. The highest BCUT2D eigenvalue weighted by Crippen LogP contribution is 2.43. The molecular formula is C28H24N2O4. The SMILES string of the molecule is CC(C)c1ccc(N2C(=O)C(=O)/C(=C(\O)c3c[nH]c4ccccc34)C2c2cccc(O)c2)cc1. The quantitative estimate of drug-likeness (QED) is 0.213. The summed E-state index contributed by atoms with van der Waals surface area (Å²) in [7, 11) is 0. The minimum Gasteiger partial charge on any atom is -0.508 e. The van der Waals surface area contributed by atoms with E-state index in [1.807, 2.05) is 48.5 Å². The van der Waals surface area contributed by atoms with E-state index in [1.165, 1.54) is 17.0 Å². The number of phenolic OH excluding ortho intramolecular Hbond substituents is 1. The molecule has 4 aromatic rings. The fraction of sp³-hybridized carbons (Fsp3) is 0.143. The number of aromatic nitrogens is 1. The summed E-state index contributed by atoms with van der Waals surface area (Å²) >= 11 is 0. The molecule has 0 saturated carbocycles. The number of fused-ring (bicyclic) bond motifs is 1. The molecule has 1 aromatic heterocycles. The van der Waals surface area contributed by atoms with Crippen LogP contribution in [0.1, 0.15) is 42.5 Å². The predicted octanol–water partition coefficient (Wildman–Crippen LogP) is 5.62. The number of ketones is 1.